The van der Waals surface area contributed by atoms with E-state index in [1.54, 1.807) is 11.3 Å². The van der Waals surface area contributed by atoms with Crippen molar-refractivity contribution < 1.29 is 5.11 Å². The zero-order chi connectivity index (χ0) is 14.1. The minimum atomic E-state index is -0.859. The Morgan fingerprint density at radius 2 is 2.21 bits per heavy atom. The Morgan fingerprint density at radius 3 is 2.79 bits per heavy atom. The van der Waals surface area contributed by atoms with Gasteiger partial charge in [-0.2, -0.15) is 0 Å². The van der Waals surface area contributed by atoms with Gasteiger partial charge in [0, 0.05) is 10.8 Å². The summed E-state index contributed by atoms with van der Waals surface area (Å²) in [5.41, 5.74) is 0.845. The summed E-state index contributed by atoms with van der Waals surface area (Å²) in [5, 5.41) is 12.6. The number of allylic oxidation sites excluding steroid dienone is 3. The minimum absolute atomic E-state index is 0.279. The maximum atomic E-state index is 10.6. The normalized spacial score (nSPS) is 26.2. The van der Waals surface area contributed by atoms with Crippen molar-refractivity contribution in [2.24, 2.45) is 11.3 Å². The van der Waals surface area contributed by atoms with E-state index in [0.717, 1.165) is 4.88 Å². The highest BCUT2D eigenvalue weighted by atomic mass is 32.1. The predicted octanol–water partition coefficient (Wildman–Crippen LogP) is 4.89. The van der Waals surface area contributed by atoms with Crippen LogP contribution in [0, 0.1) is 11.3 Å². The van der Waals surface area contributed by atoms with Crippen molar-refractivity contribution in [3.8, 4) is 0 Å². The van der Waals surface area contributed by atoms with Crippen molar-refractivity contribution in [1.29, 1.82) is 0 Å². The van der Waals surface area contributed by atoms with Crippen molar-refractivity contribution in [3.05, 3.63) is 46.2 Å². The molecule has 104 valence electrons. The fourth-order valence-electron chi connectivity index (χ4n) is 2.92. The molecular formula is C17H24OS. The van der Waals surface area contributed by atoms with Crippen molar-refractivity contribution in [2.45, 2.75) is 46.1 Å². The number of hydrogen-bond donors (Lipinski definition) is 1. The van der Waals surface area contributed by atoms with Gasteiger partial charge in [0.25, 0.3) is 0 Å². The Hall–Kier alpha value is -0.860. The first-order valence-electron chi connectivity index (χ1n) is 6.95. The summed E-state index contributed by atoms with van der Waals surface area (Å²) in [6.07, 6.45) is 8.88. The van der Waals surface area contributed by atoms with Gasteiger partial charge >= 0.3 is 0 Å². The molecule has 0 spiro atoms. The molecule has 2 atom stereocenters. The van der Waals surface area contributed by atoms with Gasteiger partial charge in [0.2, 0.25) is 0 Å². The van der Waals surface area contributed by atoms with Crippen LogP contribution < -0.4 is 0 Å². The molecule has 1 aliphatic rings. The molecule has 0 aliphatic heterocycles. The van der Waals surface area contributed by atoms with Crippen LogP contribution in [0.4, 0.5) is 0 Å². The molecule has 0 saturated heterocycles. The second kappa shape index (κ2) is 5.26. The van der Waals surface area contributed by atoms with E-state index >= 15 is 0 Å². The third kappa shape index (κ3) is 3.18. The predicted molar refractivity (Wildman–Crippen MR) is 83.3 cm³/mol. The molecule has 19 heavy (non-hydrogen) atoms. The number of hydrogen-bond acceptors (Lipinski definition) is 2. The largest absolute Gasteiger partial charge is 0.380 e. The van der Waals surface area contributed by atoms with Crippen molar-refractivity contribution >= 4 is 11.3 Å². The van der Waals surface area contributed by atoms with Gasteiger partial charge in [0.15, 0.2) is 0 Å². The average Bonchev–Trinajstić information content (AvgIpc) is 2.81. The molecular weight excluding hydrogens is 252 g/mol. The van der Waals surface area contributed by atoms with E-state index in [2.05, 4.69) is 32.9 Å². The highest BCUT2D eigenvalue weighted by Crippen LogP contribution is 2.42. The minimum Gasteiger partial charge on any atom is -0.380 e. The van der Waals surface area contributed by atoms with Crippen LogP contribution in [0.25, 0.3) is 0 Å². The van der Waals surface area contributed by atoms with E-state index in [1.807, 2.05) is 30.5 Å². The highest BCUT2D eigenvalue weighted by molar-refractivity contribution is 7.10. The second-order valence-electron chi connectivity index (χ2n) is 6.44. The molecule has 1 heterocycles. The Labute approximate surface area is 120 Å². The lowest BCUT2D eigenvalue weighted by molar-refractivity contribution is 0.113. The van der Waals surface area contributed by atoms with Gasteiger partial charge in [-0.05, 0) is 43.6 Å². The fourth-order valence-corrected chi connectivity index (χ4v) is 3.68. The molecule has 0 fully saturated rings. The van der Waals surface area contributed by atoms with Crippen LogP contribution in [-0.4, -0.2) is 5.11 Å². The fraction of sp³-hybridized carbons (Fsp3) is 0.529. The second-order valence-corrected chi connectivity index (χ2v) is 7.38. The van der Waals surface area contributed by atoms with Crippen LogP contribution in [0.2, 0.25) is 0 Å². The zero-order valence-corrected chi connectivity index (χ0v) is 13.1. The molecule has 2 unspecified atom stereocenters. The Balaban J connectivity index is 2.22. The molecule has 1 N–H and O–H groups in total. The third-order valence-corrected chi connectivity index (χ3v) is 5.32. The maximum Gasteiger partial charge on any atom is 0.114 e. The van der Waals surface area contributed by atoms with Gasteiger partial charge in [-0.15, -0.1) is 11.3 Å². The van der Waals surface area contributed by atoms with Gasteiger partial charge in [0.1, 0.15) is 5.60 Å². The third-order valence-electron chi connectivity index (χ3n) is 4.22. The summed E-state index contributed by atoms with van der Waals surface area (Å²) in [4.78, 5) is 0.999. The molecule has 2 rings (SSSR count). The first kappa shape index (κ1) is 14.5. The first-order valence-corrected chi connectivity index (χ1v) is 7.83. The van der Waals surface area contributed by atoms with E-state index in [4.69, 9.17) is 0 Å². The average molecular weight is 276 g/mol. The standard InChI is InChI=1S/C17H24OS/c1-13-7-5-10-16(2,3)14(13)9-11-17(4,18)15-8-6-12-19-15/h6-9,11-12,14,18H,5,10H2,1-4H3/b11-9+. The van der Waals surface area contributed by atoms with Crippen LogP contribution in [0.5, 0.6) is 0 Å². The summed E-state index contributed by atoms with van der Waals surface area (Å²) in [5.74, 6) is 0.424. The van der Waals surface area contributed by atoms with E-state index in [9.17, 15) is 5.11 Å². The lowest BCUT2D eigenvalue weighted by Crippen LogP contribution is -2.27. The maximum absolute atomic E-state index is 10.6. The van der Waals surface area contributed by atoms with Gasteiger partial charge in [-0.3, -0.25) is 0 Å². The highest BCUT2D eigenvalue weighted by Gasteiger charge is 2.31. The van der Waals surface area contributed by atoms with Crippen LogP contribution in [0.15, 0.2) is 41.3 Å². The molecule has 1 aromatic heterocycles. The van der Waals surface area contributed by atoms with Crippen molar-refractivity contribution in [3.63, 3.8) is 0 Å². The molecule has 1 nitrogen and oxygen atoms in total. The molecule has 1 aliphatic carbocycles. The van der Waals surface area contributed by atoms with Crippen LogP contribution in [-0.2, 0) is 5.60 Å². The van der Waals surface area contributed by atoms with Gasteiger partial charge in [-0.25, -0.2) is 0 Å². The Bertz CT molecular complexity index is 477. The topological polar surface area (TPSA) is 20.2 Å². The summed E-state index contributed by atoms with van der Waals surface area (Å²) in [7, 11) is 0. The molecule has 0 bridgehead atoms. The SMILES string of the molecule is CC1=CCCC(C)(C)C1/C=C/C(C)(O)c1cccs1. The molecule has 0 aromatic carbocycles. The molecule has 0 saturated carbocycles. The summed E-state index contributed by atoms with van der Waals surface area (Å²) in [6.45, 7) is 8.71. The van der Waals surface area contributed by atoms with E-state index in [1.165, 1.54) is 18.4 Å². The zero-order valence-electron chi connectivity index (χ0n) is 12.3. The van der Waals surface area contributed by atoms with Gasteiger partial charge in [-0.1, -0.05) is 43.7 Å². The van der Waals surface area contributed by atoms with E-state index in [-0.39, 0.29) is 5.41 Å². The number of rotatable bonds is 3. The first-order chi connectivity index (χ1) is 8.83. The van der Waals surface area contributed by atoms with Crippen LogP contribution in [0.1, 0.15) is 45.4 Å². The quantitative estimate of drug-likeness (QED) is 0.779. The van der Waals surface area contributed by atoms with Crippen molar-refractivity contribution in [2.75, 3.05) is 0 Å². The molecule has 2 heteroatoms. The molecule has 0 amide bonds. The smallest absolute Gasteiger partial charge is 0.114 e. The molecule has 0 radical (unpaired) electrons. The lowest BCUT2D eigenvalue weighted by atomic mass is 9.68. The van der Waals surface area contributed by atoms with E-state index in [0.29, 0.717) is 5.92 Å². The number of aliphatic hydroxyl groups is 1. The Kier molecular flexibility index (Phi) is 4.03. The van der Waals surface area contributed by atoms with Crippen LogP contribution >= 0.6 is 11.3 Å². The summed E-state index contributed by atoms with van der Waals surface area (Å²) < 4.78 is 0. The monoisotopic (exact) mass is 276 g/mol. The van der Waals surface area contributed by atoms with Crippen molar-refractivity contribution in [1.82, 2.24) is 0 Å². The summed E-state index contributed by atoms with van der Waals surface area (Å²) in [6, 6.07) is 3.97. The van der Waals surface area contributed by atoms with Gasteiger partial charge in [0.05, 0.1) is 0 Å². The van der Waals surface area contributed by atoms with E-state index < -0.39 is 5.60 Å². The van der Waals surface area contributed by atoms with Crippen LogP contribution in [0.3, 0.4) is 0 Å². The lowest BCUT2D eigenvalue weighted by Gasteiger charge is -2.37. The van der Waals surface area contributed by atoms with Gasteiger partial charge < -0.3 is 5.11 Å². The number of thiophene rings is 1. The Morgan fingerprint density at radius 1 is 1.47 bits per heavy atom. The summed E-state index contributed by atoms with van der Waals surface area (Å²) >= 11 is 1.60. The molecule has 1 aromatic rings.